The third-order valence-electron chi connectivity index (χ3n) is 6.11. The van der Waals surface area contributed by atoms with E-state index in [-0.39, 0.29) is 5.92 Å². The highest BCUT2D eigenvalue weighted by atomic mass is 16.5. The normalized spacial score (nSPS) is 29.9. The first kappa shape index (κ1) is 17.8. The second kappa shape index (κ2) is 7.55. The van der Waals surface area contributed by atoms with Gasteiger partial charge in [-0.1, -0.05) is 36.4 Å². The summed E-state index contributed by atoms with van der Waals surface area (Å²) in [6.07, 6.45) is 3.05. The molecule has 2 aromatic carbocycles. The molecule has 1 N–H and O–H groups in total. The third-order valence-corrected chi connectivity index (χ3v) is 6.11. The van der Waals surface area contributed by atoms with Gasteiger partial charge in [0.1, 0.15) is 12.4 Å². The van der Waals surface area contributed by atoms with Crippen LogP contribution in [0.1, 0.15) is 26.2 Å². The summed E-state index contributed by atoms with van der Waals surface area (Å²) in [5, 5.41) is 13.2. The summed E-state index contributed by atoms with van der Waals surface area (Å²) in [5.41, 5.74) is -0.623. The first-order chi connectivity index (χ1) is 12.6. The van der Waals surface area contributed by atoms with Crippen molar-refractivity contribution in [1.29, 1.82) is 0 Å². The van der Waals surface area contributed by atoms with Gasteiger partial charge in [0.05, 0.1) is 12.2 Å². The molecule has 0 bridgehead atoms. The molecular formula is C22H29NO3. The van der Waals surface area contributed by atoms with E-state index in [1.807, 2.05) is 19.1 Å². The van der Waals surface area contributed by atoms with Crippen molar-refractivity contribution in [3.8, 4) is 5.75 Å². The van der Waals surface area contributed by atoms with Crippen LogP contribution in [0.4, 0.5) is 0 Å². The fourth-order valence-corrected chi connectivity index (χ4v) is 4.56. The van der Waals surface area contributed by atoms with Crippen molar-refractivity contribution in [1.82, 2.24) is 4.90 Å². The number of nitrogens with zero attached hydrogens (tertiary/aromatic N) is 1. The fourth-order valence-electron chi connectivity index (χ4n) is 4.56. The molecule has 4 heteroatoms. The number of hydrogen-bond acceptors (Lipinski definition) is 4. The van der Waals surface area contributed by atoms with Gasteiger partial charge in [0.15, 0.2) is 0 Å². The second-order valence-electron chi connectivity index (χ2n) is 7.86. The zero-order valence-corrected chi connectivity index (χ0v) is 15.6. The molecule has 2 aromatic rings. The molecule has 0 amide bonds. The van der Waals surface area contributed by atoms with Crippen molar-refractivity contribution in [2.45, 2.75) is 37.8 Å². The first-order valence-electron chi connectivity index (χ1n) is 9.80. The van der Waals surface area contributed by atoms with E-state index in [0.29, 0.717) is 25.9 Å². The zero-order valence-electron chi connectivity index (χ0n) is 15.6. The minimum Gasteiger partial charge on any atom is -0.492 e. The van der Waals surface area contributed by atoms with E-state index in [0.717, 1.165) is 37.1 Å². The topological polar surface area (TPSA) is 41.9 Å². The van der Waals surface area contributed by atoms with E-state index in [2.05, 4.69) is 35.2 Å². The summed E-state index contributed by atoms with van der Waals surface area (Å²) in [6, 6.07) is 14.9. The van der Waals surface area contributed by atoms with E-state index in [4.69, 9.17) is 9.47 Å². The number of hydrogen-bond donors (Lipinski definition) is 1. The number of ether oxygens (including phenoxy) is 2. The molecule has 0 unspecified atom stereocenters. The number of rotatable bonds is 5. The summed E-state index contributed by atoms with van der Waals surface area (Å²) >= 11 is 0. The van der Waals surface area contributed by atoms with Gasteiger partial charge >= 0.3 is 0 Å². The summed E-state index contributed by atoms with van der Waals surface area (Å²) in [5.74, 6) is 1.14. The molecule has 4 nitrogen and oxygen atoms in total. The highest BCUT2D eigenvalue weighted by Gasteiger charge is 2.43. The van der Waals surface area contributed by atoms with Crippen molar-refractivity contribution in [3.05, 3.63) is 42.5 Å². The van der Waals surface area contributed by atoms with Crippen LogP contribution in [-0.4, -0.2) is 54.6 Å². The van der Waals surface area contributed by atoms with Crippen LogP contribution in [0.25, 0.3) is 10.8 Å². The van der Waals surface area contributed by atoms with E-state index < -0.39 is 5.60 Å². The molecule has 26 heavy (non-hydrogen) atoms. The summed E-state index contributed by atoms with van der Waals surface area (Å²) in [4.78, 5) is 2.49. The first-order valence-corrected chi connectivity index (χ1v) is 9.80. The van der Waals surface area contributed by atoms with Crippen LogP contribution in [-0.2, 0) is 4.74 Å². The summed E-state index contributed by atoms with van der Waals surface area (Å²) < 4.78 is 11.8. The maximum atomic E-state index is 10.8. The molecule has 2 aliphatic rings. The number of likely N-dealkylation sites (tertiary alicyclic amines) is 1. The molecule has 2 heterocycles. The van der Waals surface area contributed by atoms with Gasteiger partial charge in [0.25, 0.3) is 0 Å². The van der Waals surface area contributed by atoms with Crippen LogP contribution in [0.3, 0.4) is 0 Å². The van der Waals surface area contributed by atoms with Crippen molar-refractivity contribution in [2.75, 3.05) is 32.9 Å². The third kappa shape index (κ3) is 3.59. The van der Waals surface area contributed by atoms with Crippen LogP contribution < -0.4 is 4.74 Å². The van der Waals surface area contributed by atoms with Crippen molar-refractivity contribution >= 4 is 10.8 Å². The lowest BCUT2D eigenvalue weighted by atomic mass is 9.79. The Labute approximate surface area is 155 Å². The molecule has 2 fully saturated rings. The summed E-state index contributed by atoms with van der Waals surface area (Å²) in [7, 11) is 0. The Kier molecular flexibility index (Phi) is 5.16. The Balaban J connectivity index is 1.39. The molecule has 0 radical (unpaired) electrons. The summed E-state index contributed by atoms with van der Waals surface area (Å²) in [6.45, 7) is 5.94. The average Bonchev–Trinajstić information content (AvgIpc) is 3.10. The van der Waals surface area contributed by atoms with Gasteiger partial charge in [-0.05, 0) is 44.2 Å². The fraction of sp³-hybridized carbons (Fsp3) is 0.545. The quantitative estimate of drug-likeness (QED) is 0.892. The number of aliphatic hydroxyl groups is 1. The highest BCUT2D eigenvalue weighted by molar-refractivity contribution is 5.88. The molecule has 0 aromatic heterocycles. The van der Waals surface area contributed by atoms with Crippen LogP contribution in [0.15, 0.2) is 42.5 Å². The standard InChI is InChI=1S/C22H29NO3/c1-22(24)11-14-25-16-19(22)20-9-5-12-23(20)13-15-26-21-10-4-7-17-6-2-3-8-18(17)21/h2-4,6-8,10,19-20,24H,5,9,11-16H2,1H3/t19-,20+,22-/m0/s1. The highest BCUT2D eigenvalue weighted by Crippen LogP contribution is 2.35. The maximum absolute atomic E-state index is 10.8. The monoisotopic (exact) mass is 355 g/mol. The Morgan fingerprint density at radius 2 is 2.08 bits per heavy atom. The minimum atomic E-state index is -0.623. The van der Waals surface area contributed by atoms with E-state index in [1.54, 1.807) is 0 Å². The lowest BCUT2D eigenvalue weighted by Gasteiger charge is -2.43. The van der Waals surface area contributed by atoms with Crippen molar-refractivity contribution in [3.63, 3.8) is 0 Å². The molecule has 2 aliphatic heterocycles. The predicted molar refractivity (Wildman–Crippen MR) is 104 cm³/mol. The Bertz CT molecular complexity index is 740. The number of fused-ring (bicyclic) bond motifs is 1. The largest absolute Gasteiger partial charge is 0.492 e. The number of benzene rings is 2. The van der Waals surface area contributed by atoms with Gasteiger partial charge in [-0.15, -0.1) is 0 Å². The van der Waals surface area contributed by atoms with Crippen LogP contribution in [0.2, 0.25) is 0 Å². The molecule has 0 spiro atoms. The maximum Gasteiger partial charge on any atom is 0.127 e. The zero-order chi connectivity index (χ0) is 18.0. The van der Waals surface area contributed by atoms with E-state index in [1.165, 1.54) is 11.8 Å². The molecule has 4 rings (SSSR count). The molecule has 2 saturated heterocycles. The second-order valence-corrected chi connectivity index (χ2v) is 7.86. The van der Waals surface area contributed by atoms with Crippen LogP contribution in [0.5, 0.6) is 5.75 Å². The van der Waals surface area contributed by atoms with Gasteiger partial charge in [-0.2, -0.15) is 0 Å². The van der Waals surface area contributed by atoms with Crippen molar-refractivity contribution in [2.24, 2.45) is 5.92 Å². The Morgan fingerprint density at radius 3 is 2.96 bits per heavy atom. The Hall–Kier alpha value is -1.62. The molecule has 3 atom stereocenters. The SMILES string of the molecule is C[C@]1(O)CCOC[C@H]1[C@H]1CCCN1CCOc1cccc2ccccc12. The Morgan fingerprint density at radius 1 is 1.23 bits per heavy atom. The van der Waals surface area contributed by atoms with Gasteiger partial charge < -0.3 is 14.6 Å². The van der Waals surface area contributed by atoms with Crippen LogP contribution in [0, 0.1) is 5.92 Å². The predicted octanol–water partition coefficient (Wildman–Crippen LogP) is 3.47. The van der Waals surface area contributed by atoms with Gasteiger partial charge in [0, 0.05) is 30.5 Å². The van der Waals surface area contributed by atoms with Crippen LogP contribution >= 0.6 is 0 Å². The molecular weight excluding hydrogens is 326 g/mol. The molecule has 0 aliphatic carbocycles. The average molecular weight is 355 g/mol. The van der Waals surface area contributed by atoms with E-state index in [9.17, 15) is 5.11 Å². The van der Waals surface area contributed by atoms with Gasteiger partial charge in [-0.25, -0.2) is 0 Å². The van der Waals surface area contributed by atoms with Gasteiger partial charge in [0.2, 0.25) is 0 Å². The lowest BCUT2D eigenvalue weighted by Crippen LogP contribution is -2.53. The smallest absolute Gasteiger partial charge is 0.127 e. The van der Waals surface area contributed by atoms with Gasteiger partial charge in [-0.3, -0.25) is 4.90 Å². The van der Waals surface area contributed by atoms with Crippen molar-refractivity contribution < 1.29 is 14.6 Å². The molecule has 140 valence electrons. The lowest BCUT2D eigenvalue weighted by molar-refractivity contribution is -0.123. The minimum absolute atomic E-state index is 0.191. The molecule has 0 saturated carbocycles. The van der Waals surface area contributed by atoms with E-state index >= 15 is 0 Å².